The summed E-state index contributed by atoms with van der Waals surface area (Å²) < 4.78 is 9.51. The number of carbonyl (C=O) groups excluding carboxylic acids is 2. The fraction of sp³-hybridized carbons (Fsp3) is 0.143. The van der Waals surface area contributed by atoms with Crippen LogP contribution in [0, 0.1) is 24.0 Å². The predicted molar refractivity (Wildman–Crippen MR) is 163 cm³/mol. The van der Waals surface area contributed by atoms with Gasteiger partial charge in [0.25, 0.3) is 0 Å². The highest BCUT2D eigenvalue weighted by Crippen LogP contribution is 2.41. The second-order valence-corrected chi connectivity index (χ2v) is 11.7. The van der Waals surface area contributed by atoms with Crippen molar-refractivity contribution >= 4 is 106 Å². The fourth-order valence-corrected chi connectivity index (χ4v) is 7.38. The Morgan fingerprint density at radius 1 is 0.805 bits per heavy atom. The number of thiophene rings is 2. The highest BCUT2D eigenvalue weighted by molar-refractivity contribution is 7.15. The van der Waals surface area contributed by atoms with E-state index in [1.54, 1.807) is 41.0 Å². The molecule has 9 nitrogen and oxygen atoms in total. The summed E-state index contributed by atoms with van der Waals surface area (Å²) in [5.74, 6) is -0.968. The Bertz CT molecular complexity index is 2050. The summed E-state index contributed by atoms with van der Waals surface area (Å²) in [5.41, 5.74) is 1.55. The number of aromatic nitrogens is 2. The molecule has 2 aromatic carbocycles. The minimum atomic E-state index is -0.568. The van der Waals surface area contributed by atoms with Crippen molar-refractivity contribution in [2.75, 3.05) is 14.2 Å². The third kappa shape index (κ3) is 4.84. The van der Waals surface area contributed by atoms with Crippen molar-refractivity contribution < 1.29 is 24.0 Å². The average molecular weight is 629 g/mol. The van der Waals surface area contributed by atoms with Crippen LogP contribution in [0.1, 0.15) is 30.5 Å². The van der Waals surface area contributed by atoms with Crippen LogP contribution >= 0.6 is 45.9 Å². The molecule has 0 spiro atoms. The number of hydrogen-bond acceptors (Lipinski definition) is 10. The van der Waals surface area contributed by atoms with Crippen molar-refractivity contribution in [2.45, 2.75) is 13.8 Å². The Labute approximate surface area is 250 Å². The minimum absolute atomic E-state index is 0.0266. The van der Waals surface area contributed by atoms with Crippen LogP contribution in [0.4, 0.5) is 5.00 Å². The Morgan fingerprint density at radius 2 is 1.32 bits per heavy atom. The molecule has 0 bridgehead atoms. The van der Waals surface area contributed by atoms with Crippen molar-refractivity contribution in [2.24, 2.45) is 0 Å². The van der Waals surface area contributed by atoms with Crippen LogP contribution in [0.2, 0.25) is 10.3 Å². The average Bonchev–Trinajstić information content (AvgIpc) is 3.54. The summed E-state index contributed by atoms with van der Waals surface area (Å²) in [6.07, 6.45) is 0. The summed E-state index contributed by atoms with van der Waals surface area (Å²) >= 11 is 15.1. The van der Waals surface area contributed by atoms with Gasteiger partial charge in [0.15, 0.2) is 0 Å². The number of methoxy groups -OCH3 is 2. The first kappa shape index (κ1) is 28.6. The van der Waals surface area contributed by atoms with Crippen LogP contribution < -0.4 is 0 Å². The molecule has 208 valence electrons. The van der Waals surface area contributed by atoms with E-state index in [-0.39, 0.29) is 15.7 Å². The second-order valence-electron chi connectivity index (χ2n) is 8.74. The van der Waals surface area contributed by atoms with Crippen LogP contribution in [0.5, 0.6) is 0 Å². The van der Waals surface area contributed by atoms with E-state index in [1.165, 1.54) is 19.1 Å². The molecule has 0 aliphatic carbocycles. The first-order chi connectivity index (χ1) is 19.6. The maximum Gasteiger partial charge on any atom is 0.340 e. The molecule has 0 aliphatic heterocycles. The van der Waals surface area contributed by atoms with Crippen molar-refractivity contribution in [3.05, 3.63) is 83.1 Å². The molecule has 4 heterocycles. The summed E-state index contributed by atoms with van der Waals surface area (Å²) in [5, 5.41) is 17.7. The van der Waals surface area contributed by atoms with Gasteiger partial charge in [0.1, 0.15) is 10.3 Å². The number of nitrogens with zero attached hydrogens (tertiary/aromatic N) is 3. The smallest absolute Gasteiger partial charge is 0.340 e. The van der Waals surface area contributed by atoms with Crippen molar-refractivity contribution in [1.82, 2.24) is 9.97 Å². The number of aryl methyl sites for hydroxylation is 2. The first-order valence-electron chi connectivity index (χ1n) is 11.9. The number of hydrogen-bond donors (Lipinski definition) is 0. The SMILES string of the molecule is COC(=O)c1cccc2c1nc(Cl)c1c(C)sc(C)c12.COC(=O)c1cccc2c1nc(Cl)c1csc([N+](=O)[O-])c12. The van der Waals surface area contributed by atoms with Gasteiger partial charge in [-0.05, 0) is 26.0 Å². The van der Waals surface area contributed by atoms with E-state index in [4.69, 9.17) is 32.7 Å². The maximum atomic E-state index is 11.9. The molecule has 6 rings (SSSR count). The number of carbonyl (C=O) groups is 2. The lowest BCUT2D eigenvalue weighted by Crippen LogP contribution is -2.03. The van der Waals surface area contributed by atoms with Crippen LogP contribution in [-0.2, 0) is 9.47 Å². The monoisotopic (exact) mass is 627 g/mol. The molecule has 13 heteroatoms. The van der Waals surface area contributed by atoms with E-state index < -0.39 is 16.9 Å². The summed E-state index contributed by atoms with van der Waals surface area (Å²) in [6.45, 7) is 4.09. The summed E-state index contributed by atoms with van der Waals surface area (Å²) in [4.78, 5) is 45.3. The van der Waals surface area contributed by atoms with E-state index in [9.17, 15) is 19.7 Å². The second kappa shape index (κ2) is 11.2. The zero-order valence-electron chi connectivity index (χ0n) is 21.9. The molecule has 0 atom stereocenters. The van der Waals surface area contributed by atoms with E-state index >= 15 is 0 Å². The van der Waals surface area contributed by atoms with E-state index in [0.29, 0.717) is 37.9 Å². The van der Waals surface area contributed by atoms with Crippen LogP contribution in [-0.4, -0.2) is 41.0 Å². The number of halogens is 2. The fourth-order valence-electron chi connectivity index (χ4n) is 4.74. The molecule has 6 aromatic rings. The first-order valence-corrected chi connectivity index (χ1v) is 14.3. The van der Waals surface area contributed by atoms with Gasteiger partial charge in [-0.2, -0.15) is 0 Å². The zero-order chi connectivity index (χ0) is 29.6. The van der Waals surface area contributed by atoms with E-state index in [0.717, 1.165) is 32.4 Å². The Hall–Kier alpha value is -3.90. The van der Waals surface area contributed by atoms with Gasteiger partial charge in [0, 0.05) is 42.1 Å². The van der Waals surface area contributed by atoms with Gasteiger partial charge >= 0.3 is 16.9 Å². The quantitative estimate of drug-likeness (QED) is 0.0830. The number of pyridine rings is 2. The molecule has 0 unspecified atom stereocenters. The largest absolute Gasteiger partial charge is 0.465 e. The van der Waals surface area contributed by atoms with Crippen molar-refractivity contribution in [1.29, 1.82) is 0 Å². The number of fused-ring (bicyclic) bond motifs is 6. The van der Waals surface area contributed by atoms with Gasteiger partial charge < -0.3 is 9.47 Å². The number of rotatable bonds is 3. The Kier molecular flexibility index (Phi) is 7.80. The number of para-hydroxylation sites is 2. The molecule has 0 amide bonds. The predicted octanol–water partition coefficient (Wildman–Crippen LogP) is 8.30. The van der Waals surface area contributed by atoms with Gasteiger partial charge in [-0.1, -0.05) is 58.8 Å². The third-order valence-electron chi connectivity index (χ3n) is 6.47. The summed E-state index contributed by atoms with van der Waals surface area (Å²) in [6, 6.07) is 10.4. The van der Waals surface area contributed by atoms with Crippen LogP contribution in [0.25, 0.3) is 43.4 Å². The molecule has 0 radical (unpaired) electrons. The molecule has 0 aliphatic rings. The number of nitro groups is 1. The topological polar surface area (TPSA) is 122 Å². The molecular formula is C28H19Cl2N3O6S2. The maximum absolute atomic E-state index is 11.9. The van der Waals surface area contributed by atoms with Gasteiger partial charge in [0.05, 0.1) is 46.7 Å². The lowest BCUT2D eigenvalue weighted by molar-refractivity contribution is -0.378. The van der Waals surface area contributed by atoms with Crippen molar-refractivity contribution in [3.8, 4) is 0 Å². The Morgan fingerprint density at radius 3 is 1.85 bits per heavy atom. The number of ether oxygens (including phenoxy) is 2. The third-order valence-corrected chi connectivity index (χ3v) is 8.98. The van der Waals surface area contributed by atoms with Crippen molar-refractivity contribution in [3.63, 3.8) is 0 Å². The minimum Gasteiger partial charge on any atom is -0.465 e. The van der Waals surface area contributed by atoms with E-state index in [2.05, 4.69) is 16.9 Å². The lowest BCUT2D eigenvalue weighted by Gasteiger charge is -2.07. The van der Waals surface area contributed by atoms with Gasteiger partial charge in [-0.3, -0.25) is 10.1 Å². The number of benzene rings is 2. The normalized spacial score (nSPS) is 11.1. The standard InChI is InChI=1S/C15H12ClNO2S.C13H7ClN2O4S/c1-7-11-9-5-4-6-10(15(18)19-3)13(9)17-14(16)12(11)8(2)20-7;1-20-13(17)7-4-2-3-6-9-8(11(14)15-10(6)7)5-21-12(9)16(18)19/h4-6H,1-3H3;2-5H,1H3. The van der Waals surface area contributed by atoms with Gasteiger partial charge in [-0.25, -0.2) is 19.6 Å². The molecule has 0 saturated heterocycles. The van der Waals surface area contributed by atoms with Crippen LogP contribution in [0.3, 0.4) is 0 Å². The molecule has 0 fully saturated rings. The molecular weight excluding hydrogens is 609 g/mol. The van der Waals surface area contributed by atoms with Gasteiger partial charge in [0.2, 0.25) is 0 Å². The number of esters is 2. The highest BCUT2D eigenvalue weighted by Gasteiger charge is 2.23. The van der Waals surface area contributed by atoms with Crippen LogP contribution in [0.15, 0.2) is 41.8 Å². The molecule has 41 heavy (non-hydrogen) atoms. The van der Waals surface area contributed by atoms with Gasteiger partial charge in [-0.15, -0.1) is 11.3 Å². The molecule has 0 saturated carbocycles. The Balaban J connectivity index is 0.000000165. The molecule has 0 N–H and O–H groups in total. The zero-order valence-corrected chi connectivity index (χ0v) is 25.0. The van der Waals surface area contributed by atoms with E-state index in [1.807, 2.05) is 19.1 Å². The highest BCUT2D eigenvalue weighted by atomic mass is 35.5. The lowest BCUT2D eigenvalue weighted by atomic mass is 10.0. The summed E-state index contributed by atoms with van der Waals surface area (Å²) in [7, 11) is 2.62. The molecule has 4 aromatic heterocycles.